The number of methoxy groups -OCH3 is 1. The molecular weight excluding hydrogens is 264 g/mol. The summed E-state index contributed by atoms with van der Waals surface area (Å²) in [5.41, 5.74) is 1.08. The second kappa shape index (κ2) is 9.30. The maximum Gasteiger partial charge on any atom is 0.329 e. The van der Waals surface area contributed by atoms with E-state index < -0.39 is 12.3 Å². The van der Waals surface area contributed by atoms with E-state index in [-0.39, 0.29) is 13.2 Å². The number of aliphatic carboxylic acids is 1. The lowest BCUT2D eigenvalue weighted by Gasteiger charge is -2.09. The molecule has 0 bridgehead atoms. The fraction of sp³-hybridized carbons (Fsp3) is 0.500. The van der Waals surface area contributed by atoms with E-state index in [1.54, 1.807) is 0 Å². The largest absolute Gasteiger partial charge is 0.491 e. The van der Waals surface area contributed by atoms with Gasteiger partial charge in [-0.1, -0.05) is 12.1 Å². The monoisotopic (exact) mass is 284 g/mol. The van der Waals surface area contributed by atoms with Crippen LogP contribution in [0.25, 0.3) is 0 Å². The minimum absolute atomic E-state index is 0.230. The van der Waals surface area contributed by atoms with Gasteiger partial charge in [0.1, 0.15) is 19.0 Å². The SMILES string of the molecule is COC(O)CCc1ccc(OCCOCC(=O)O)cc1. The Balaban J connectivity index is 2.23. The molecule has 0 aliphatic rings. The zero-order chi connectivity index (χ0) is 14.8. The fourth-order valence-electron chi connectivity index (χ4n) is 1.54. The average molecular weight is 284 g/mol. The molecule has 0 aromatic heterocycles. The first-order valence-corrected chi connectivity index (χ1v) is 6.34. The van der Waals surface area contributed by atoms with Crippen LogP contribution < -0.4 is 4.74 Å². The van der Waals surface area contributed by atoms with Crippen molar-refractivity contribution < 1.29 is 29.2 Å². The van der Waals surface area contributed by atoms with Crippen molar-refractivity contribution in [1.82, 2.24) is 0 Å². The molecule has 2 N–H and O–H groups in total. The number of carboxylic acids is 1. The van der Waals surface area contributed by atoms with Crippen molar-refractivity contribution >= 4 is 5.97 Å². The Morgan fingerprint density at radius 1 is 1.25 bits per heavy atom. The van der Waals surface area contributed by atoms with Gasteiger partial charge in [-0.2, -0.15) is 0 Å². The Kier molecular flexibility index (Phi) is 7.64. The highest BCUT2D eigenvalue weighted by molar-refractivity contribution is 5.67. The highest BCUT2D eigenvalue weighted by atomic mass is 16.6. The maximum atomic E-state index is 10.2. The highest BCUT2D eigenvalue weighted by Crippen LogP contribution is 2.14. The Hall–Kier alpha value is -1.63. The number of aryl methyl sites for hydroxylation is 1. The second-order valence-corrected chi connectivity index (χ2v) is 4.17. The van der Waals surface area contributed by atoms with E-state index in [4.69, 9.17) is 19.3 Å². The number of hydrogen-bond acceptors (Lipinski definition) is 5. The van der Waals surface area contributed by atoms with Crippen molar-refractivity contribution in [2.24, 2.45) is 0 Å². The van der Waals surface area contributed by atoms with Crippen molar-refractivity contribution in [2.75, 3.05) is 26.9 Å². The van der Waals surface area contributed by atoms with Gasteiger partial charge in [-0.05, 0) is 24.1 Å². The molecule has 112 valence electrons. The summed E-state index contributed by atoms with van der Waals surface area (Å²) in [7, 11) is 1.47. The molecular formula is C14H20O6. The van der Waals surface area contributed by atoms with E-state index in [2.05, 4.69) is 0 Å². The molecule has 1 aromatic carbocycles. The third-order valence-corrected chi connectivity index (χ3v) is 2.60. The Labute approximate surface area is 117 Å². The lowest BCUT2D eigenvalue weighted by atomic mass is 10.1. The van der Waals surface area contributed by atoms with Gasteiger partial charge in [0.05, 0.1) is 6.61 Å². The quantitative estimate of drug-likeness (QED) is 0.494. The van der Waals surface area contributed by atoms with Crippen LogP contribution in [-0.2, 0) is 20.7 Å². The van der Waals surface area contributed by atoms with E-state index in [0.717, 1.165) is 12.0 Å². The number of ether oxygens (including phenoxy) is 3. The number of carbonyl (C=O) groups is 1. The van der Waals surface area contributed by atoms with Gasteiger partial charge < -0.3 is 24.4 Å². The summed E-state index contributed by atoms with van der Waals surface area (Å²) in [5.74, 6) is -0.299. The van der Waals surface area contributed by atoms with Gasteiger partial charge in [-0.3, -0.25) is 0 Å². The lowest BCUT2D eigenvalue weighted by molar-refractivity contribution is -0.142. The topological polar surface area (TPSA) is 85.2 Å². The molecule has 6 heteroatoms. The van der Waals surface area contributed by atoms with Crippen LogP contribution in [0.3, 0.4) is 0 Å². The molecule has 1 atom stereocenters. The normalized spacial score (nSPS) is 12.1. The van der Waals surface area contributed by atoms with Crippen LogP contribution in [0, 0.1) is 0 Å². The minimum Gasteiger partial charge on any atom is -0.491 e. The predicted octanol–water partition coefficient (Wildman–Crippen LogP) is 1.06. The van der Waals surface area contributed by atoms with Gasteiger partial charge in [0, 0.05) is 13.5 Å². The van der Waals surface area contributed by atoms with Crippen LogP contribution in [0.1, 0.15) is 12.0 Å². The van der Waals surface area contributed by atoms with Gasteiger partial charge in [0.25, 0.3) is 0 Å². The van der Waals surface area contributed by atoms with Crippen LogP contribution in [-0.4, -0.2) is 49.4 Å². The molecule has 0 saturated carbocycles. The van der Waals surface area contributed by atoms with Gasteiger partial charge in [-0.15, -0.1) is 0 Å². The van der Waals surface area contributed by atoms with Gasteiger partial charge in [-0.25, -0.2) is 4.79 Å². The summed E-state index contributed by atoms with van der Waals surface area (Å²) in [6, 6.07) is 7.48. The van der Waals surface area contributed by atoms with Crippen molar-refractivity contribution in [1.29, 1.82) is 0 Å². The molecule has 0 saturated heterocycles. The van der Waals surface area contributed by atoms with E-state index in [9.17, 15) is 9.90 Å². The van der Waals surface area contributed by atoms with E-state index in [1.165, 1.54) is 7.11 Å². The number of benzene rings is 1. The summed E-state index contributed by atoms with van der Waals surface area (Å²) >= 11 is 0. The van der Waals surface area contributed by atoms with Gasteiger partial charge in [0.15, 0.2) is 6.29 Å². The zero-order valence-corrected chi connectivity index (χ0v) is 11.4. The summed E-state index contributed by atoms with van der Waals surface area (Å²) in [6.45, 7) is 0.215. The molecule has 0 radical (unpaired) electrons. The predicted molar refractivity (Wildman–Crippen MR) is 71.7 cm³/mol. The van der Waals surface area contributed by atoms with E-state index in [1.807, 2.05) is 24.3 Å². The first kappa shape index (κ1) is 16.4. The molecule has 1 unspecified atom stereocenters. The van der Waals surface area contributed by atoms with Crippen molar-refractivity contribution in [3.63, 3.8) is 0 Å². The average Bonchev–Trinajstić information content (AvgIpc) is 2.45. The zero-order valence-electron chi connectivity index (χ0n) is 11.4. The molecule has 6 nitrogen and oxygen atoms in total. The second-order valence-electron chi connectivity index (χ2n) is 4.17. The van der Waals surface area contributed by atoms with Crippen LogP contribution in [0.5, 0.6) is 5.75 Å². The number of aliphatic hydroxyl groups excluding tert-OH is 1. The molecule has 0 aliphatic carbocycles. The van der Waals surface area contributed by atoms with E-state index >= 15 is 0 Å². The summed E-state index contributed by atoms with van der Waals surface area (Å²) in [5, 5.41) is 17.7. The minimum atomic E-state index is -0.993. The van der Waals surface area contributed by atoms with Gasteiger partial charge in [0.2, 0.25) is 0 Å². The molecule has 0 spiro atoms. The van der Waals surface area contributed by atoms with E-state index in [0.29, 0.717) is 18.8 Å². The molecule has 0 amide bonds. The Bertz CT molecular complexity index is 389. The smallest absolute Gasteiger partial charge is 0.329 e. The third kappa shape index (κ3) is 7.08. The number of aliphatic hydroxyl groups is 1. The molecule has 1 aromatic rings. The molecule has 0 aliphatic heterocycles. The molecule has 20 heavy (non-hydrogen) atoms. The molecule has 0 heterocycles. The van der Waals surface area contributed by atoms with Crippen LogP contribution >= 0.6 is 0 Å². The third-order valence-electron chi connectivity index (χ3n) is 2.60. The fourth-order valence-corrected chi connectivity index (χ4v) is 1.54. The number of carboxylic acid groups (broad SMARTS) is 1. The van der Waals surface area contributed by atoms with Crippen molar-refractivity contribution in [3.05, 3.63) is 29.8 Å². The van der Waals surface area contributed by atoms with Crippen LogP contribution in [0.15, 0.2) is 24.3 Å². The van der Waals surface area contributed by atoms with Crippen molar-refractivity contribution in [3.8, 4) is 5.75 Å². The van der Waals surface area contributed by atoms with Crippen molar-refractivity contribution in [2.45, 2.75) is 19.1 Å². The molecule has 0 fully saturated rings. The molecule has 1 rings (SSSR count). The Morgan fingerprint density at radius 2 is 1.95 bits per heavy atom. The first-order valence-electron chi connectivity index (χ1n) is 6.34. The summed E-state index contributed by atoms with van der Waals surface area (Å²) < 4.78 is 15.0. The summed E-state index contributed by atoms with van der Waals surface area (Å²) in [6.07, 6.45) is 0.522. The lowest BCUT2D eigenvalue weighted by Crippen LogP contribution is -2.12. The number of hydrogen-bond donors (Lipinski definition) is 2. The Morgan fingerprint density at radius 3 is 2.55 bits per heavy atom. The van der Waals surface area contributed by atoms with Gasteiger partial charge >= 0.3 is 5.97 Å². The highest BCUT2D eigenvalue weighted by Gasteiger charge is 2.02. The van der Waals surface area contributed by atoms with Crippen LogP contribution in [0.4, 0.5) is 0 Å². The van der Waals surface area contributed by atoms with Crippen LogP contribution in [0.2, 0.25) is 0 Å². The number of rotatable bonds is 10. The summed E-state index contributed by atoms with van der Waals surface area (Å²) in [4.78, 5) is 10.2. The maximum absolute atomic E-state index is 10.2. The standard InChI is InChI=1S/C14H20O6/c1-18-14(17)7-4-11-2-5-12(6-3-11)20-9-8-19-10-13(15)16/h2-3,5-6,14,17H,4,7-10H2,1H3,(H,15,16). The first-order chi connectivity index (χ1) is 9.61.